The normalized spacial score (nSPS) is 14.7. The van der Waals surface area contributed by atoms with Gasteiger partial charge in [0.15, 0.2) is 5.13 Å². The highest BCUT2D eigenvalue weighted by Crippen LogP contribution is 2.32. The summed E-state index contributed by atoms with van der Waals surface area (Å²) in [4.78, 5) is 30.6. The van der Waals surface area contributed by atoms with Crippen LogP contribution in [0, 0.1) is 13.8 Å². The van der Waals surface area contributed by atoms with Gasteiger partial charge in [-0.25, -0.2) is 4.98 Å². The number of piperazine rings is 1. The smallest absolute Gasteiger partial charge is 0.254 e. The van der Waals surface area contributed by atoms with Crippen LogP contribution in [0.15, 0.2) is 42.7 Å². The first-order valence-electron chi connectivity index (χ1n) is 9.71. The van der Waals surface area contributed by atoms with Crippen LogP contribution in [0.25, 0.3) is 21.3 Å². The number of fused-ring (bicyclic) bond motifs is 2. The van der Waals surface area contributed by atoms with Crippen molar-refractivity contribution >= 4 is 43.6 Å². The quantitative estimate of drug-likeness (QED) is 0.509. The zero-order valence-corrected chi connectivity index (χ0v) is 17.2. The van der Waals surface area contributed by atoms with Gasteiger partial charge in [-0.05, 0) is 49.2 Å². The zero-order chi connectivity index (χ0) is 20.0. The van der Waals surface area contributed by atoms with Crippen LogP contribution in [0.2, 0.25) is 0 Å². The number of carbonyl (C=O) groups is 1. The lowest BCUT2D eigenvalue weighted by molar-refractivity contribution is 0.0747. The number of hydrogen-bond donors (Lipinski definition) is 0. The Morgan fingerprint density at radius 1 is 0.966 bits per heavy atom. The van der Waals surface area contributed by atoms with Crippen molar-refractivity contribution in [2.24, 2.45) is 0 Å². The molecule has 0 N–H and O–H groups in total. The Bertz CT molecular complexity index is 1230. The highest BCUT2D eigenvalue weighted by atomic mass is 32.1. The Morgan fingerprint density at radius 2 is 1.72 bits per heavy atom. The summed E-state index contributed by atoms with van der Waals surface area (Å²) in [5.41, 5.74) is 5.78. The molecular formula is C22H21N5OS. The van der Waals surface area contributed by atoms with Gasteiger partial charge in [0.2, 0.25) is 0 Å². The monoisotopic (exact) mass is 403 g/mol. The topological polar surface area (TPSA) is 62.2 Å². The molecule has 0 saturated carbocycles. The Labute approximate surface area is 172 Å². The average molecular weight is 404 g/mol. The number of carbonyl (C=O) groups excluding carboxylic acids is 1. The summed E-state index contributed by atoms with van der Waals surface area (Å²) in [6, 6.07) is 9.90. The third kappa shape index (κ3) is 3.31. The molecule has 0 atom stereocenters. The third-order valence-electron chi connectivity index (χ3n) is 5.37. The molecule has 7 heteroatoms. The summed E-state index contributed by atoms with van der Waals surface area (Å²) in [6.07, 6.45) is 3.31. The van der Waals surface area contributed by atoms with Gasteiger partial charge in [-0.15, -0.1) is 0 Å². The molecule has 1 saturated heterocycles. The van der Waals surface area contributed by atoms with E-state index in [2.05, 4.69) is 40.8 Å². The number of benzene rings is 2. The first kappa shape index (κ1) is 18.0. The fourth-order valence-corrected chi connectivity index (χ4v) is 5.07. The summed E-state index contributed by atoms with van der Waals surface area (Å²) in [5, 5.41) is 1.04. The second kappa shape index (κ2) is 7.08. The number of thiazole rings is 1. The highest BCUT2D eigenvalue weighted by Gasteiger charge is 2.24. The Kier molecular flexibility index (Phi) is 4.39. The van der Waals surface area contributed by atoms with E-state index in [9.17, 15) is 4.79 Å². The SMILES string of the molecule is Cc1cc(C)c2nc(N3CCN(C(=O)c4ccc5nccnc5c4)CC3)sc2c1. The molecule has 0 spiro atoms. The van der Waals surface area contributed by atoms with Gasteiger partial charge >= 0.3 is 0 Å². The van der Waals surface area contributed by atoms with Gasteiger partial charge in [0.1, 0.15) is 0 Å². The van der Waals surface area contributed by atoms with Crippen LogP contribution in [-0.2, 0) is 0 Å². The standard InChI is InChI=1S/C22H21N5OS/c1-14-11-15(2)20-19(12-14)29-22(25-20)27-9-7-26(8-10-27)21(28)16-3-4-17-18(13-16)24-6-5-23-17/h3-6,11-13H,7-10H2,1-2H3. The second-order valence-electron chi connectivity index (χ2n) is 7.46. The van der Waals surface area contributed by atoms with E-state index in [1.165, 1.54) is 15.8 Å². The molecule has 2 aromatic heterocycles. The van der Waals surface area contributed by atoms with Crippen molar-refractivity contribution in [3.8, 4) is 0 Å². The molecule has 1 aliphatic rings. The van der Waals surface area contributed by atoms with Crippen molar-refractivity contribution in [1.29, 1.82) is 0 Å². The van der Waals surface area contributed by atoms with Gasteiger partial charge < -0.3 is 9.80 Å². The van der Waals surface area contributed by atoms with E-state index >= 15 is 0 Å². The number of aromatic nitrogens is 3. The minimum Gasteiger partial charge on any atom is -0.345 e. The number of rotatable bonds is 2. The maximum absolute atomic E-state index is 13.0. The van der Waals surface area contributed by atoms with E-state index < -0.39 is 0 Å². The molecule has 0 bridgehead atoms. The van der Waals surface area contributed by atoms with E-state index in [4.69, 9.17) is 4.98 Å². The predicted molar refractivity (Wildman–Crippen MR) is 117 cm³/mol. The molecule has 1 aliphatic heterocycles. The van der Waals surface area contributed by atoms with Crippen molar-refractivity contribution in [3.05, 3.63) is 59.4 Å². The lowest BCUT2D eigenvalue weighted by Gasteiger charge is -2.34. The van der Waals surface area contributed by atoms with Gasteiger partial charge in [-0.2, -0.15) is 0 Å². The molecule has 0 unspecified atom stereocenters. The summed E-state index contributed by atoms with van der Waals surface area (Å²) in [6.45, 7) is 7.18. The predicted octanol–water partition coefficient (Wildman–Crippen LogP) is 3.82. The van der Waals surface area contributed by atoms with Gasteiger partial charge in [0.05, 0.1) is 21.3 Å². The van der Waals surface area contributed by atoms with Crippen LogP contribution in [0.4, 0.5) is 5.13 Å². The molecule has 4 aromatic rings. The Morgan fingerprint density at radius 3 is 2.52 bits per heavy atom. The lowest BCUT2D eigenvalue weighted by Crippen LogP contribution is -2.48. The van der Waals surface area contributed by atoms with E-state index in [1.807, 2.05) is 23.1 Å². The lowest BCUT2D eigenvalue weighted by atomic mass is 10.1. The molecule has 3 heterocycles. The van der Waals surface area contributed by atoms with Crippen LogP contribution in [0.1, 0.15) is 21.5 Å². The third-order valence-corrected chi connectivity index (χ3v) is 6.44. The molecule has 0 aliphatic carbocycles. The van der Waals surface area contributed by atoms with Crippen molar-refractivity contribution in [1.82, 2.24) is 19.9 Å². The summed E-state index contributed by atoms with van der Waals surface area (Å²) >= 11 is 1.74. The molecule has 29 heavy (non-hydrogen) atoms. The summed E-state index contributed by atoms with van der Waals surface area (Å²) < 4.78 is 1.23. The van der Waals surface area contributed by atoms with E-state index in [0.29, 0.717) is 18.7 Å². The van der Waals surface area contributed by atoms with E-state index in [-0.39, 0.29) is 5.91 Å². The molecule has 6 nitrogen and oxygen atoms in total. The van der Waals surface area contributed by atoms with E-state index in [0.717, 1.165) is 34.8 Å². The fourth-order valence-electron chi connectivity index (χ4n) is 3.87. The zero-order valence-electron chi connectivity index (χ0n) is 16.4. The van der Waals surface area contributed by atoms with Crippen molar-refractivity contribution in [2.75, 3.05) is 31.1 Å². The number of amides is 1. The fraction of sp³-hybridized carbons (Fsp3) is 0.273. The Hall–Kier alpha value is -3.06. The van der Waals surface area contributed by atoms with Gasteiger partial charge in [0, 0.05) is 44.1 Å². The number of anilines is 1. The van der Waals surface area contributed by atoms with Crippen molar-refractivity contribution in [3.63, 3.8) is 0 Å². The highest BCUT2D eigenvalue weighted by molar-refractivity contribution is 7.22. The molecular weight excluding hydrogens is 382 g/mol. The van der Waals surface area contributed by atoms with Crippen LogP contribution >= 0.6 is 11.3 Å². The maximum Gasteiger partial charge on any atom is 0.254 e. The van der Waals surface area contributed by atoms with Crippen LogP contribution in [0.5, 0.6) is 0 Å². The van der Waals surface area contributed by atoms with Crippen LogP contribution in [0.3, 0.4) is 0 Å². The average Bonchev–Trinajstić information content (AvgIpc) is 3.17. The molecule has 1 fully saturated rings. The van der Waals surface area contributed by atoms with Crippen molar-refractivity contribution < 1.29 is 4.79 Å². The minimum absolute atomic E-state index is 0.0490. The maximum atomic E-state index is 13.0. The van der Waals surface area contributed by atoms with Crippen LogP contribution < -0.4 is 4.90 Å². The van der Waals surface area contributed by atoms with Crippen LogP contribution in [-0.4, -0.2) is 51.9 Å². The molecule has 2 aromatic carbocycles. The van der Waals surface area contributed by atoms with Crippen molar-refractivity contribution in [2.45, 2.75) is 13.8 Å². The molecule has 5 rings (SSSR count). The summed E-state index contributed by atoms with van der Waals surface area (Å²) in [5.74, 6) is 0.0490. The summed E-state index contributed by atoms with van der Waals surface area (Å²) in [7, 11) is 0. The first-order chi connectivity index (χ1) is 14.1. The first-order valence-corrected chi connectivity index (χ1v) is 10.5. The molecule has 146 valence electrons. The number of nitrogens with zero attached hydrogens (tertiary/aromatic N) is 5. The Balaban J connectivity index is 1.32. The number of hydrogen-bond acceptors (Lipinski definition) is 6. The van der Waals surface area contributed by atoms with Gasteiger partial charge in [-0.3, -0.25) is 14.8 Å². The largest absolute Gasteiger partial charge is 0.345 e. The van der Waals surface area contributed by atoms with E-state index in [1.54, 1.807) is 23.7 Å². The second-order valence-corrected chi connectivity index (χ2v) is 8.47. The minimum atomic E-state index is 0.0490. The number of aryl methyl sites for hydroxylation is 2. The molecule has 1 amide bonds. The van der Waals surface area contributed by atoms with Gasteiger partial charge in [0.25, 0.3) is 5.91 Å². The molecule has 0 radical (unpaired) electrons. The van der Waals surface area contributed by atoms with Gasteiger partial charge in [-0.1, -0.05) is 17.4 Å².